The molecule has 0 atom stereocenters. The van der Waals surface area contributed by atoms with Crippen molar-refractivity contribution < 1.29 is 28.5 Å². The van der Waals surface area contributed by atoms with Crippen LogP contribution < -0.4 is 24.0 Å². The quantitative estimate of drug-likeness (QED) is 0.461. The summed E-state index contributed by atoms with van der Waals surface area (Å²) in [6, 6.07) is 10.6. The lowest BCUT2D eigenvalue weighted by molar-refractivity contribution is -0.884. The summed E-state index contributed by atoms with van der Waals surface area (Å²) in [6.45, 7) is 1.10. The van der Waals surface area contributed by atoms with Crippen molar-refractivity contribution >= 4 is 24.0 Å². The van der Waals surface area contributed by atoms with Crippen LogP contribution in [0.3, 0.4) is 0 Å². The Balaban J connectivity index is 0. The molecule has 0 unspecified atom stereocenters. The van der Waals surface area contributed by atoms with Gasteiger partial charge >= 0.3 is 0 Å². The molecule has 1 aromatic rings. The third-order valence-electron chi connectivity index (χ3n) is 1.50. The first kappa shape index (κ1) is 16.1. The maximum absolute atomic E-state index is 2.20. The molecule has 0 saturated carbocycles. The molecule has 0 amide bonds. The van der Waals surface area contributed by atoms with E-state index in [9.17, 15) is 0 Å². The smallest absolute Gasteiger partial charge is 0.104 e. The Morgan fingerprint density at radius 3 is 1.85 bits per heavy atom. The highest BCUT2D eigenvalue weighted by molar-refractivity contribution is 14.0. The van der Waals surface area contributed by atoms with E-state index in [1.807, 2.05) is 0 Å². The summed E-state index contributed by atoms with van der Waals surface area (Å²) in [6.07, 6.45) is 0. The molecule has 13 heavy (non-hydrogen) atoms. The lowest BCUT2D eigenvalue weighted by atomic mass is 10.2. The highest BCUT2D eigenvalue weighted by Crippen LogP contribution is 2.04. The van der Waals surface area contributed by atoms with Gasteiger partial charge in [-0.2, -0.15) is 0 Å². The summed E-state index contributed by atoms with van der Waals surface area (Å²) in [5, 5.41) is 0. The summed E-state index contributed by atoms with van der Waals surface area (Å²) in [7, 11) is 6.60. The van der Waals surface area contributed by atoms with E-state index in [1.54, 1.807) is 0 Å². The Morgan fingerprint density at radius 2 is 1.46 bits per heavy atom. The van der Waals surface area contributed by atoms with E-state index < -0.39 is 0 Å². The van der Waals surface area contributed by atoms with Crippen LogP contribution in [0.15, 0.2) is 30.3 Å². The Bertz CT molecular complexity index is 216. The molecule has 0 saturated heterocycles. The van der Waals surface area contributed by atoms with Gasteiger partial charge in [-0.25, -0.2) is 0 Å². The van der Waals surface area contributed by atoms with Crippen LogP contribution in [0.4, 0.5) is 0 Å². The van der Waals surface area contributed by atoms with E-state index in [-0.39, 0.29) is 48.0 Å². The second kappa shape index (κ2) is 7.00. The van der Waals surface area contributed by atoms with Crippen LogP contribution in [0.5, 0.6) is 0 Å². The molecule has 0 aliphatic heterocycles. The summed E-state index contributed by atoms with van der Waals surface area (Å²) < 4.78 is 0.990. The third-order valence-corrected chi connectivity index (χ3v) is 1.50. The van der Waals surface area contributed by atoms with Gasteiger partial charge in [0.25, 0.3) is 0 Å². The molecule has 0 bridgehead atoms. The molecule has 1 rings (SSSR count). The van der Waals surface area contributed by atoms with Crippen molar-refractivity contribution in [2.45, 2.75) is 6.54 Å². The van der Waals surface area contributed by atoms with E-state index >= 15 is 0 Å². The molecule has 1 aromatic carbocycles. The Hall–Kier alpha value is 0.640. The first-order valence-electron chi connectivity index (χ1n) is 3.92. The van der Waals surface area contributed by atoms with E-state index in [2.05, 4.69) is 51.5 Å². The van der Waals surface area contributed by atoms with E-state index in [1.165, 1.54) is 5.56 Å². The number of rotatable bonds is 2. The van der Waals surface area contributed by atoms with Crippen LogP contribution in [0.1, 0.15) is 5.56 Å². The van der Waals surface area contributed by atoms with Crippen molar-refractivity contribution in [2.24, 2.45) is 0 Å². The number of hydrogen-bond acceptors (Lipinski definition) is 0. The van der Waals surface area contributed by atoms with Gasteiger partial charge in [-0.05, 0) is 0 Å². The first-order chi connectivity index (χ1) is 5.08. The molecule has 3 heteroatoms. The molecule has 0 fully saturated rings. The maximum Gasteiger partial charge on any atom is 0.104 e. The van der Waals surface area contributed by atoms with Gasteiger partial charge in [-0.15, -0.1) is 24.0 Å². The van der Waals surface area contributed by atoms with Crippen LogP contribution in [0.25, 0.3) is 0 Å². The highest BCUT2D eigenvalue weighted by Gasteiger charge is 2.06. The van der Waals surface area contributed by atoms with Gasteiger partial charge in [0, 0.05) is 5.56 Å². The molecule has 0 aliphatic carbocycles. The molecule has 1 nitrogen and oxygen atoms in total. The van der Waals surface area contributed by atoms with Crippen LogP contribution in [-0.2, 0) is 6.54 Å². The molecular formula is C10H17I2N. The minimum atomic E-state index is 0. The molecule has 0 heterocycles. The van der Waals surface area contributed by atoms with Crippen LogP contribution >= 0.6 is 24.0 Å². The predicted molar refractivity (Wildman–Crippen MR) is 63.6 cm³/mol. The van der Waals surface area contributed by atoms with Crippen molar-refractivity contribution in [2.75, 3.05) is 21.1 Å². The zero-order valence-electron chi connectivity index (χ0n) is 8.33. The number of nitrogens with zero attached hydrogens (tertiary/aromatic N) is 1. The van der Waals surface area contributed by atoms with Crippen molar-refractivity contribution in [3.05, 3.63) is 35.9 Å². The monoisotopic (exact) mass is 405 g/mol. The number of hydrogen-bond donors (Lipinski definition) is 0. The van der Waals surface area contributed by atoms with E-state index in [0.29, 0.717) is 0 Å². The topological polar surface area (TPSA) is 0 Å². The predicted octanol–water partition coefficient (Wildman–Crippen LogP) is -0.485. The molecule has 0 aromatic heterocycles. The summed E-state index contributed by atoms with van der Waals surface area (Å²) in [5.74, 6) is 0. The van der Waals surface area contributed by atoms with Crippen molar-refractivity contribution in [3.8, 4) is 0 Å². The van der Waals surface area contributed by atoms with Crippen molar-refractivity contribution in [1.29, 1.82) is 0 Å². The summed E-state index contributed by atoms with van der Waals surface area (Å²) in [5.41, 5.74) is 1.40. The van der Waals surface area contributed by atoms with Gasteiger partial charge in [0.2, 0.25) is 0 Å². The van der Waals surface area contributed by atoms with E-state index in [0.717, 1.165) is 11.0 Å². The number of halogens is 2. The lowest BCUT2D eigenvalue weighted by Crippen LogP contribution is -3.00. The van der Waals surface area contributed by atoms with Gasteiger partial charge in [0.1, 0.15) is 6.54 Å². The standard InChI is InChI=1S/C10H16N.2HI/c1-11(2,3)9-10-7-5-4-6-8-10;;/h4-8H,9H2,1-3H3;2*1H/q+1;;/p-1. The molecule has 0 spiro atoms. The van der Waals surface area contributed by atoms with Gasteiger partial charge in [-0.3, -0.25) is 0 Å². The Kier molecular flexibility index (Phi) is 8.66. The fourth-order valence-electron chi connectivity index (χ4n) is 1.13. The summed E-state index contributed by atoms with van der Waals surface area (Å²) >= 11 is 0. The minimum Gasteiger partial charge on any atom is -1.00 e. The molecule has 0 aliphatic rings. The lowest BCUT2D eigenvalue weighted by Gasteiger charge is -2.23. The third kappa shape index (κ3) is 7.69. The Labute approximate surface area is 115 Å². The van der Waals surface area contributed by atoms with Gasteiger partial charge in [0.15, 0.2) is 0 Å². The zero-order chi connectivity index (χ0) is 8.32. The largest absolute Gasteiger partial charge is 1.00 e. The molecule has 0 N–H and O–H groups in total. The molecule has 76 valence electrons. The molecular weight excluding hydrogens is 388 g/mol. The highest BCUT2D eigenvalue weighted by atomic mass is 127. The SMILES string of the molecule is C[N+](C)(C)Cc1ccccc1.I.[I-]. The van der Waals surface area contributed by atoms with Crippen LogP contribution in [0, 0.1) is 0 Å². The average molecular weight is 405 g/mol. The zero-order valence-corrected chi connectivity index (χ0v) is 12.8. The average Bonchev–Trinajstić information content (AvgIpc) is 1.85. The second-order valence-corrected chi connectivity index (χ2v) is 3.93. The van der Waals surface area contributed by atoms with Gasteiger partial charge in [-0.1, -0.05) is 30.3 Å². The normalized spacial score (nSPS) is 9.77. The van der Waals surface area contributed by atoms with Gasteiger partial charge < -0.3 is 28.5 Å². The fraction of sp³-hybridized carbons (Fsp3) is 0.400. The first-order valence-corrected chi connectivity index (χ1v) is 3.92. The summed E-state index contributed by atoms with van der Waals surface area (Å²) in [4.78, 5) is 0. The molecule has 0 radical (unpaired) electrons. The van der Waals surface area contributed by atoms with E-state index in [4.69, 9.17) is 0 Å². The van der Waals surface area contributed by atoms with Crippen molar-refractivity contribution in [3.63, 3.8) is 0 Å². The number of benzene rings is 1. The fourth-order valence-corrected chi connectivity index (χ4v) is 1.13. The second-order valence-electron chi connectivity index (χ2n) is 3.93. The Morgan fingerprint density at radius 1 is 1.00 bits per heavy atom. The van der Waals surface area contributed by atoms with Crippen LogP contribution in [-0.4, -0.2) is 25.6 Å². The van der Waals surface area contributed by atoms with Crippen LogP contribution in [0.2, 0.25) is 0 Å². The van der Waals surface area contributed by atoms with Crippen molar-refractivity contribution in [1.82, 2.24) is 0 Å². The minimum absolute atomic E-state index is 0. The maximum atomic E-state index is 2.20. The van der Waals surface area contributed by atoms with Gasteiger partial charge in [0.05, 0.1) is 21.1 Å². The number of quaternary nitrogens is 1.